The van der Waals surface area contributed by atoms with Crippen LogP contribution >= 0.6 is 12.4 Å². The number of amides is 4. The number of aromatic hydroxyl groups is 2. The lowest BCUT2D eigenvalue weighted by Crippen LogP contribution is -2.53. The summed E-state index contributed by atoms with van der Waals surface area (Å²) in [6.07, 6.45) is -5.80. The standard InChI is InChI=1S/C27H29NO10.C12H10FN3O4.ClH/c1-10-22(30)14(28)7-17(37-10)38-16-9-27(35,11(2)29)8-13-19(16)26(34)21-20(24(13)32)23(31)12-5-4-6-15(36-3)18(12)25(21)33;13-5-1-2-7-6(3-5)12(4-8(20-7)9(14)17)10(18)15-11(19)16-12;/h4-6,10,14,16-17,22,30,32,34-35H,7-9,28H2,1-3H3;1-3,8H,4H2,(H2,14,17)(H2,15,16,18,19);1H/t10-,14-,16-,17-,22+,27-;8-,12-;/m00./s1. The molecule has 8 atom stereocenters. The Balaban J connectivity index is 0.000000234. The van der Waals surface area contributed by atoms with Crippen LogP contribution in [0, 0.1) is 5.82 Å². The SMILES string of the molecule is COc1cccc2c1C(=O)c1c(O)c3c(c(O)c1C2=O)C[C@@](O)(C(C)=O)C[C@@H]3O[C@H]1C[C@H](N)[C@H](O)[C@H](C)O1.Cl.NC(=O)[C@@H]1C[C@]2(NC(=O)NC2=O)c2cc(F)ccc2O1. The van der Waals surface area contributed by atoms with E-state index in [1.54, 1.807) is 6.92 Å². The number of ether oxygens (including phenoxy) is 4. The van der Waals surface area contributed by atoms with Crippen molar-refractivity contribution < 1.29 is 72.5 Å². The van der Waals surface area contributed by atoms with Crippen LogP contribution in [-0.2, 0) is 35.8 Å². The molecule has 2 fully saturated rings. The molecule has 4 amide bonds. The summed E-state index contributed by atoms with van der Waals surface area (Å²) in [5, 5.41) is 48.6. The monoisotopic (exact) mass is 842 g/mol. The minimum Gasteiger partial charge on any atom is -0.507 e. The minimum absolute atomic E-state index is 0. The van der Waals surface area contributed by atoms with E-state index in [0.717, 1.165) is 12.1 Å². The number of Topliss-reactive ketones (excluding diaryl/α,β-unsaturated/α-hetero) is 1. The van der Waals surface area contributed by atoms with Crippen LogP contribution in [0.25, 0.3) is 0 Å². The van der Waals surface area contributed by atoms with Gasteiger partial charge in [-0.1, -0.05) is 12.1 Å². The topological polar surface area (TPSA) is 296 Å². The number of carbonyl (C=O) groups is 6. The zero-order chi connectivity index (χ0) is 42.2. The summed E-state index contributed by atoms with van der Waals surface area (Å²) in [5.74, 6) is -5.06. The molecule has 2 aliphatic carbocycles. The molecule has 3 heterocycles. The van der Waals surface area contributed by atoms with Crippen LogP contribution in [0.5, 0.6) is 23.0 Å². The van der Waals surface area contributed by atoms with Crippen LogP contribution in [0.15, 0.2) is 36.4 Å². The second kappa shape index (κ2) is 15.5. The predicted molar refractivity (Wildman–Crippen MR) is 201 cm³/mol. The quantitative estimate of drug-likeness (QED) is 0.103. The van der Waals surface area contributed by atoms with Gasteiger partial charge >= 0.3 is 6.03 Å². The average molecular weight is 843 g/mol. The highest BCUT2D eigenvalue weighted by Crippen LogP contribution is 2.52. The summed E-state index contributed by atoms with van der Waals surface area (Å²) in [6, 6.07) is 6.55. The molecule has 0 radical (unpaired) electrons. The molecule has 10 N–H and O–H groups in total. The smallest absolute Gasteiger partial charge is 0.322 e. The van der Waals surface area contributed by atoms with Gasteiger partial charge in [-0.25, -0.2) is 9.18 Å². The van der Waals surface area contributed by atoms with Crippen molar-refractivity contribution in [2.24, 2.45) is 11.5 Å². The zero-order valence-corrected chi connectivity index (χ0v) is 32.4. The second-order valence-electron chi connectivity index (χ2n) is 14.8. The molecule has 0 aromatic heterocycles. The maximum absolute atomic E-state index is 13.6. The fourth-order valence-corrected chi connectivity index (χ4v) is 8.16. The average Bonchev–Trinajstić information content (AvgIpc) is 3.45. The van der Waals surface area contributed by atoms with Crippen LogP contribution in [0.3, 0.4) is 0 Å². The van der Waals surface area contributed by atoms with E-state index in [2.05, 4.69) is 10.6 Å². The Morgan fingerprint density at radius 2 is 1.71 bits per heavy atom. The Hall–Kier alpha value is -5.70. The number of methoxy groups -OCH3 is 1. The van der Waals surface area contributed by atoms with Gasteiger partial charge in [-0.05, 0) is 38.1 Å². The fraction of sp³-hybridized carbons (Fsp3) is 0.385. The maximum atomic E-state index is 13.6. The molecular weight excluding hydrogens is 803 g/mol. The molecular formula is C39H40ClFN4O14. The fourth-order valence-electron chi connectivity index (χ4n) is 8.16. The molecule has 20 heteroatoms. The Labute approximate surface area is 340 Å². The van der Waals surface area contributed by atoms with Gasteiger partial charge in [-0.2, -0.15) is 0 Å². The first-order chi connectivity index (χ1) is 27.3. The predicted octanol–water partition coefficient (Wildman–Crippen LogP) is 0.948. The van der Waals surface area contributed by atoms with E-state index in [4.69, 9.17) is 30.4 Å². The van der Waals surface area contributed by atoms with E-state index in [-0.39, 0.29) is 71.0 Å². The summed E-state index contributed by atoms with van der Waals surface area (Å²) in [5.41, 5.74) is 6.81. The molecule has 314 valence electrons. The van der Waals surface area contributed by atoms with E-state index in [1.165, 1.54) is 38.3 Å². The summed E-state index contributed by atoms with van der Waals surface area (Å²) >= 11 is 0. The van der Waals surface area contributed by atoms with E-state index >= 15 is 0 Å². The molecule has 8 rings (SSSR count). The number of carbonyl (C=O) groups excluding carboxylic acids is 6. The number of aliphatic hydroxyl groups excluding tert-OH is 1. The van der Waals surface area contributed by atoms with E-state index in [1.807, 2.05) is 0 Å². The van der Waals surface area contributed by atoms with Crippen molar-refractivity contribution in [3.05, 3.63) is 81.2 Å². The number of rotatable bonds is 5. The molecule has 1 spiro atoms. The highest BCUT2D eigenvalue weighted by atomic mass is 35.5. The lowest BCUT2D eigenvalue weighted by Gasteiger charge is -2.42. The number of ketones is 3. The number of primary amides is 1. The summed E-state index contributed by atoms with van der Waals surface area (Å²) < 4.78 is 35.8. The molecule has 18 nitrogen and oxygen atoms in total. The number of nitrogens with one attached hydrogen (secondary N) is 2. The van der Waals surface area contributed by atoms with Gasteiger partial charge in [0.2, 0.25) is 5.78 Å². The number of hydrogen-bond acceptors (Lipinski definition) is 15. The zero-order valence-electron chi connectivity index (χ0n) is 31.6. The van der Waals surface area contributed by atoms with Crippen molar-refractivity contribution in [3.8, 4) is 23.0 Å². The van der Waals surface area contributed by atoms with Gasteiger partial charge in [0.25, 0.3) is 11.8 Å². The van der Waals surface area contributed by atoms with E-state index < -0.39 is 118 Å². The molecule has 3 aromatic rings. The molecule has 0 bridgehead atoms. The Bertz CT molecular complexity index is 2310. The molecule has 3 aliphatic heterocycles. The number of nitrogens with two attached hydrogens (primary N) is 2. The van der Waals surface area contributed by atoms with Crippen molar-refractivity contribution in [1.29, 1.82) is 0 Å². The van der Waals surface area contributed by atoms with Gasteiger partial charge < -0.3 is 56.2 Å². The summed E-state index contributed by atoms with van der Waals surface area (Å²) in [7, 11) is 1.34. The number of phenolic OH excluding ortho intramolecular Hbond substituents is 2. The van der Waals surface area contributed by atoms with E-state index in [0.29, 0.717) is 0 Å². The number of imide groups is 1. The van der Waals surface area contributed by atoms with Crippen molar-refractivity contribution in [3.63, 3.8) is 0 Å². The summed E-state index contributed by atoms with van der Waals surface area (Å²) in [6.45, 7) is 2.79. The second-order valence-corrected chi connectivity index (χ2v) is 14.8. The Kier molecular flexibility index (Phi) is 11.3. The molecule has 0 saturated carbocycles. The number of urea groups is 1. The lowest BCUT2D eigenvalue weighted by atomic mass is 9.72. The van der Waals surface area contributed by atoms with Crippen LogP contribution in [0.4, 0.5) is 9.18 Å². The number of halogens is 2. The van der Waals surface area contributed by atoms with Crippen LogP contribution < -0.4 is 31.6 Å². The molecule has 0 unspecified atom stereocenters. The van der Waals surface area contributed by atoms with Crippen molar-refractivity contribution in [2.75, 3.05) is 7.11 Å². The molecule has 5 aliphatic rings. The number of benzene rings is 3. The van der Waals surface area contributed by atoms with Crippen LogP contribution in [0.2, 0.25) is 0 Å². The van der Waals surface area contributed by atoms with Gasteiger partial charge in [0, 0.05) is 54.0 Å². The first-order valence-electron chi connectivity index (χ1n) is 18.1. The van der Waals surface area contributed by atoms with Crippen molar-refractivity contribution >= 4 is 47.6 Å². The third-order valence-electron chi connectivity index (χ3n) is 11.2. The number of hydrogen-bond donors (Lipinski definition) is 8. The summed E-state index contributed by atoms with van der Waals surface area (Å²) in [4.78, 5) is 74.4. The number of fused-ring (bicyclic) bond motifs is 5. The highest BCUT2D eigenvalue weighted by Gasteiger charge is 2.55. The normalized spacial score (nSPS) is 28.9. The maximum Gasteiger partial charge on any atom is 0.322 e. The Morgan fingerprint density at radius 1 is 1.02 bits per heavy atom. The van der Waals surface area contributed by atoms with Crippen molar-refractivity contribution in [2.45, 2.75) is 87.4 Å². The molecule has 59 heavy (non-hydrogen) atoms. The first-order valence-corrected chi connectivity index (χ1v) is 18.1. The van der Waals surface area contributed by atoms with Gasteiger partial charge in [-0.3, -0.25) is 29.3 Å². The highest BCUT2D eigenvalue weighted by molar-refractivity contribution is 6.31. The van der Waals surface area contributed by atoms with Gasteiger partial charge in [0.05, 0.1) is 42.1 Å². The lowest BCUT2D eigenvalue weighted by molar-refractivity contribution is -0.247. The third kappa shape index (κ3) is 7.02. The minimum atomic E-state index is -2.00. The van der Waals surface area contributed by atoms with Crippen molar-refractivity contribution in [1.82, 2.24) is 10.6 Å². The Morgan fingerprint density at radius 3 is 2.32 bits per heavy atom. The van der Waals surface area contributed by atoms with Crippen LogP contribution in [0.1, 0.15) is 87.7 Å². The van der Waals surface area contributed by atoms with E-state index in [9.17, 15) is 53.6 Å². The molecule has 3 aromatic carbocycles. The number of phenols is 2. The van der Waals surface area contributed by atoms with Crippen LogP contribution in [-0.4, -0.2) is 99.0 Å². The van der Waals surface area contributed by atoms with Gasteiger partial charge in [0.1, 0.15) is 34.4 Å². The molecule has 2 saturated heterocycles. The van der Waals surface area contributed by atoms with Gasteiger partial charge in [0.15, 0.2) is 29.5 Å². The number of aliphatic hydroxyl groups is 2. The largest absolute Gasteiger partial charge is 0.507 e. The third-order valence-corrected chi connectivity index (χ3v) is 11.2. The van der Waals surface area contributed by atoms with Gasteiger partial charge in [-0.15, -0.1) is 12.4 Å². The first kappa shape index (κ1) is 42.9.